The average molecular weight is 357 g/mol. The molecule has 25 heavy (non-hydrogen) atoms. The van der Waals surface area contributed by atoms with Crippen molar-refractivity contribution in [3.8, 4) is 0 Å². The number of nitrogens with zero attached hydrogens (tertiary/aromatic N) is 1. The molecule has 0 saturated carbocycles. The third-order valence-corrected chi connectivity index (χ3v) is 3.79. The molecule has 8 heteroatoms. The molecule has 0 unspecified atom stereocenters. The molecule has 0 atom stereocenters. The second kappa shape index (κ2) is 8.65. The maximum atomic E-state index is 12.3. The molecule has 2 aromatic rings. The zero-order chi connectivity index (χ0) is 18.2. The lowest BCUT2D eigenvalue weighted by Gasteiger charge is -2.09. The van der Waals surface area contributed by atoms with Gasteiger partial charge in [-0.15, -0.1) is 11.8 Å². The van der Waals surface area contributed by atoms with E-state index in [1.54, 1.807) is 66.9 Å². The number of ketones is 1. The molecule has 2 aromatic carbocycles. The molecule has 2 N–H and O–H groups in total. The maximum Gasteiger partial charge on any atom is 0.351 e. The van der Waals surface area contributed by atoms with Gasteiger partial charge >= 0.3 is 17.4 Å². The van der Waals surface area contributed by atoms with E-state index < -0.39 is 22.3 Å². The van der Waals surface area contributed by atoms with Gasteiger partial charge in [0.15, 0.2) is 5.03 Å². The van der Waals surface area contributed by atoms with Crippen molar-refractivity contribution in [2.45, 2.75) is 0 Å². The van der Waals surface area contributed by atoms with Crippen molar-refractivity contribution in [3.05, 3.63) is 81.5 Å². The number of hydrogen-bond donors (Lipinski definition) is 2. The van der Waals surface area contributed by atoms with Crippen molar-refractivity contribution in [2.75, 3.05) is 16.9 Å². The Balaban J connectivity index is 2.29. The fraction of sp³-hybridized carbons (Fsp3) is 0.0588. The maximum absolute atomic E-state index is 12.3. The summed E-state index contributed by atoms with van der Waals surface area (Å²) >= 11 is 0.979. The number of benzene rings is 2. The quantitative estimate of drug-likeness (QED) is 0.342. The summed E-state index contributed by atoms with van der Waals surface area (Å²) in [6, 6.07) is 16.9. The molecule has 1 amide bonds. The Morgan fingerprint density at radius 1 is 0.920 bits per heavy atom. The van der Waals surface area contributed by atoms with E-state index in [4.69, 9.17) is 0 Å². The zero-order valence-corrected chi connectivity index (χ0v) is 14.1. The highest BCUT2D eigenvalue weighted by Gasteiger charge is 2.33. The number of hydrogen-bond acceptors (Lipinski definition) is 6. The molecule has 0 saturated heterocycles. The summed E-state index contributed by atoms with van der Waals surface area (Å²) in [6.07, 6.45) is 1.58. The Bertz CT molecular complexity index is 807. The minimum absolute atomic E-state index is 0.00980. The second-order valence-corrected chi connectivity index (χ2v) is 5.60. The molecule has 0 radical (unpaired) electrons. The topological polar surface area (TPSA) is 101 Å². The minimum Gasteiger partial charge on any atom is -0.344 e. The van der Waals surface area contributed by atoms with Crippen LogP contribution in [0, 0.1) is 10.1 Å². The minimum atomic E-state index is -1.22. The first kappa shape index (κ1) is 18.2. The summed E-state index contributed by atoms with van der Waals surface area (Å²) in [5, 5.41) is 16.5. The first-order valence-corrected chi connectivity index (χ1v) is 8.41. The van der Waals surface area contributed by atoms with Gasteiger partial charge < -0.3 is 10.6 Å². The van der Waals surface area contributed by atoms with E-state index in [1.807, 2.05) is 0 Å². The number of thioether (sulfide) groups is 1. The zero-order valence-electron chi connectivity index (χ0n) is 13.3. The van der Waals surface area contributed by atoms with Crippen LogP contribution in [0.3, 0.4) is 0 Å². The number of rotatable bonds is 7. The second-order valence-electron chi connectivity index (χ2n) is 4.78. The van der Waals surface area contributed by atoms with Gasteiger partial charge in [0.05, 0.1) is 4.92 Å². The SMILES string of the molecule is CS/C(Nc1ccccc1)=C(\C(=O)C(=O)Nc1ccccc1)[N+](=O)[O-]. The van der Waals surface area contributed by atoms with Gasteiger partial charge in [0.25, 0.3) is 0 Å². The fourth-order valence-electron chi connectivity index (χ4n) is 1.95. The highest BCUT2D eigenvalue weighted by Crippen LogP contribution is 2.22. The van der Waals surface area contributed by atoms with Gasteiger partial charge in [-0.05, 0) is 30.5 Å². The summed E-state index contributed by atoms with van der Waals surface area (Å²) in [7, 11) is 0. The van der Waals surface area contributed by atoms with Crippen molar-refractivity contribution in [3.63, 3.8) is 0 Å². The lowest BCUT2D eigenvalue weighted by Crippen LogP contribution is -2.29. The predicted molar refractivity (Wildman–Crippen MR) is 97.7 cm³/mol. The molecule has 0 spiro atoms. The summed E-state index contributed by atoms with van der Waals surface area (Å²) in [5.41, 5.74) is 0.150. The van der Waals surface area contributed by atoms with Gasteiger partial charge in [-0.1, -0.05) is 36.4 Å². The van der Waals surface area contributed by atoms with Gasteiger partial charge in [-0.3, -0.25) is 19.7 Å². The van der Waals surface area contributed by atoms with E-state index in [9.17, 15) is 19.7 Å². The third kappa shape index (κ3) is 4.92. The van der Waals surface area contributed by atoms with Crippen molar-refractivity contribution in [1.82, 2.24) is 0 Å². The standard InChI is InChI=1S/C17H15N3O4S/c1-25-17(19-13-10-6-3-7-11-13)14(20(23)24)15(21)16(22)18-12-8-4-2-5-9-12/h2-11,19H,1H3,(H,18,22)/b17-14+. The number of nitro groups is 1. The molecule has 0 fully saturated rings. The molecule has 0 aromatic heterocycles. The molecule has 7 nitrogen and oxygen atoms in total. The molecule has 128 valence electrons. The molecule has 2 rings (SSSR count). The van der Waals surface area contributed by atoms with E-state index in [0.29, 0.717) is 11.4 Å². The number of carbonyl (C=O) groups excluding carboxylic acids is 2. The largest absolute Gasteiger partial charge is 0.351 e. The van der Waals surface area contributed by atoms with E-state index in [2.05, 4.69) is 10.6 Å². The van der Waals surface area contributed by atoms with Crippen LogP contribution in [0.2, 0.25) is 0 Å². The Morgan fingerprint density at radius 3 is 1.84 bits per heavy atom. The summed E-state index contributed by atoms with van der Waals surface area (Å²) in [5.74, 6) is -2.29. The van der Waals surface area contributed by atoms with Crippen LogP contribution in [0.4, 0.5) is 11.4 Å². The number of nitrogens with one attached hydrogen (secondary N) is 2. The van der Waals surface area contributed by atoms with Gasteiger partial charge in [0.2, 0.25) is 0 Å². The molecular weight excluding hydrogens is 342 g/mol. The average Bonchev–Trinajstić information content (AvgIpc) is 2.62. The Morgan fingerprint density at radius 2 is 1.40 bits per heavy atom. The first-order valence-electron chi connectivity index (χ1n) is 7.18. The number of para-hydroxylation sites is 2. The lowest BCUT2D eigenvalue weighted by molar-refractivity contribution is -0.418. The van der Waals surface area contributed by atoms with E-state index in [-0.39, 0.29) is 5.03 Å². The number of anilines is 2. The van der Waals surface area contributed by atoms with Gasteiger partial charge in [-0.2, -0.15) is 0 Å². The number of carbonyl (C=O) groups is 2. The van der Waals surface area contributed by atoms with Crippen LogP contribution >= 0.6 is 11.8 Å². The molecule has 0 aliphatic carbocycles. The Labute approximate surface area is 148 Å². The van der Waals surface area contributed by atoms with Crippen molar-refractivity contribution >= 4 is 34.8 Å². The van der Waals surface area contributed by atoms with Crippen LogP contribution in [-0.2, 0) is 9.59 Å². The van der Waals surface area contributed by atoms with Crippen LogP contribution in [0.25, 0.3) is 0 Å². The molecule has 0 aliphatic heterocycles. The normalized spacial score (nSPS) is 11.2. The molecule has 0 heterocycles. The summed E-state index contributed by atoms with van der Waals surface area (Å²) in [4.78, 5) is 34.9. The van der Waals surface area contributed by atoms with Crippen LogP contribution < -0.4 is 10.6 Å². The van der Waals surface area contributed by atoms with Crippen molar-refractivity contribution < 1.29 is 14.5 Å². The van der Waals surface area contributed by atoms with Gasteiger partial charge in [0.1, 0.15) is 0 Å². The fourth-order valence-corrected chi connectivity index (χ4v) is 2.53. The number of amides is 1. The number of Topliss-reactive ketones (excluding diaryl/α,β-unsaturated/α-hetero) is 1. The lowest BCUT2D eigenvalue weighted by atomic mass is 10.2. The van der Waals surface area contributed by atoms with E-state index >= 15 is 0 Å². The highest BCUT2D eigenvalue weighted by molar-refractivity contribution is 8.02. The van der Waals surface area contributed by atoms with Crippen molar-refractivity contribution in [1.29, 1.82) is 0 Å². The van der Waals surface area contributed by atoms with Crippen LogP contribution in [-0.4, -0.2) is 22.9 Å². The highest BCUT2D eigenvalue weighted by atomic mass is 32.2. The van der Waals surface area contributed by atoms with Gasteiger partial charge in [0, 0.05) is 11.4 Å². The van der Waals surface area contributed by atoms with Crippen LogP contribution in [0.1, 0.15) is 0 Å². The molecule has 0 aliphatic rings. The Kier molecular flexibility index (Phi) is 6.30. The first-order chi connectivity index (χ1) is 12.0. The summed E-state index contributed by atoms with van der Waals surface area (Å²) < 4.78 is 0. The van der Waals surface area contributed by atoms with Crippen LogP contribution in [0.15, 0.2) is 71.4 Å². The van der Waals surface area contributed by atoms with E-state index in [1.165, 1.54) is 0 Å². The molecular formula is C17H15N3O4S. The Hall–Kier alpha value is -3.13. The third-order valence-electron chi connectivity index (χ3n) is 3.09. The van der Waals surface area contributed by atoms with Crippen molar-refractivity contribution in [2.24, 2.45) is 0 Å². The van der Waals surface area contributed by atoms with E-state index in [0.717, 1.165) is 11.8 Å². The molecule has 0 bridgehead atoms. The smallest absolute Gasteiger partial charge is 0.344 e. The predicted octanol–water partition coefficient (Wildman–Crippen LogP) is 3.12. The van der Waals surface area contributed by atoms with Gasteiger partial charge in [-0.25, -0.2) is 0 Å². The monoisotopic (exact) mass is 357 g/mol. The van der Waals surface area contributed by atoms with Crippen LogP contribution in [0.5, 0.6) is 0 Å². The summed E-state index contributed by atoms with van der Waals surface area (Å²) in [6.45, 7) is 0.